The molecule has 0 radical (unpaired) electrons. The van der Waals surface area contributed by atoms with Crippen LogP contribution in [0.15, 0.2) is 35.1 Å². The van der Waals surface area contributed by atoms with Crippen LogP contribution in [-0.2, 0) is 4.79 Å². The lowest BCUT2D eigenvalue weighted by Crippen LogP contribution is -2.64. The van der Waals surface area contributed by atoms with Crippen molar-refractivity contribution in [3.8, 4) is 0 Å². The Labute approximate surface area is 153 Å². The third-order valence-electron chi connectivity index (χ3n) is 5.52. The number of amides is 3. The van der Waals surface area contributed by atoms with E-state index >= 15 is 0 Å². The number of fused-ring (bicyclic) bond motifs is 3. The molecule has 3 heterocycles. The van der Waals surface area contributed by atoms with Crippen molar-refractivity contribution >= 4 is 23.6 Å². The van der Waals surface area contributed by atoms with Gasteiger partial charge in [0, 0.05) is 25.5 Å². The topological polar surface area (TPSA) is 59.5 Å². The standard InChI is InChI=1S/C19H23N5O2/c1-6-22-17(25)15-16(21(5)19(22)26)20-18-23(15)10-12(3)24(18)14-9-7-8-11(2)13(14)4/h7-10,15-16H,6H2,1-5H3. The zero-order valence-corrected chi connectivity index (χ0v) is 15.7. The van der Waals surface area contributed by atoms with Crippen LogP contribution in [0.25, 0.3) is 0 Å². The number of allylic oxidation sites excluding steroid dienone is 1. The van der Waals surface area contributed by atoms with E-state index in [1.54, 1.807) is 11.9 Å². The first-order valence-corrected chi connectivity index (χ1v) is 8.86. The fourth-order valence-electron chi connectivity index (χ4n) is 3.92. The first kappa shape index (κ1) is 16.6. The maximum Gasteiger partial charge on any atom is 0.328 e. The molecule has 0 aliphatic carbocycles. The number of rotatable bonds is 2. The van der Waals surface area contributed by atoms with Gasteiger partial charge in [-0.25, -0.2) is 9.79 Å². The normalized spacial score (nSPS) is 24.8. The lowest BCUT2D eigenvalue weighted by molar-refractivity contribution is -0.136. The maximum atomic E-state index is 12.9. The van der Waals surface area contributed by atoms with Gasteiger partial charge >= 0.3 is 6.03 Å². The molecule has 1 fully saturated rings. The highest BCUT2D eigenvalue weighted by molar-refractivity contribution is 6.10. The number of aliphatic imine (C=N–C) groups is 1. The molecule has 1 saturated heterocycles. The van der Waals surface area contributed by atoms with E-state index in [2.05, 4.69) is 30.9 Å². The smallest absolute Gasteiger partial charge is 0.302 e. The Hall–Kier alpha value is -2.83. The Balaban J connectivity index is 1.79. The van der Waals surface area contributed by atoms with E-state index in [4.69, 9.17) is 4.99 Å². The molecule has 3 aliphatic heterocycles. The van der Waals surface area contributed by atoms with Crippen LogP contribution >= 0.6 is 0 Å². The number of imide groups is 1. The molecule has 0 bridgehead atoms. The summed E-state index contributed by atoms with van der Waals surface area (Å²) in [5.74, 6) is 0.517. The van der Waals surface area contributed by atoms with E-state index in [1.165, 1.54) is 16.0 Å². The summed E-state index contributed by atoms with van der Waals surface area (Å²) >= 11 is 0. The lowest BCUT2D eigenvalue weighted by atomic mass is 10.1. The number of carbonyl (C=O) groups is 2. The number of carbonyl (C=O) groups excluding carboxylic acids is 2. The molecule has 1 aromatic carbocycles. The highest BCUT2D eigenvalue weighted by Crippen LogP contribution is 2.37. The van der Waals surface area contributed by atoms with Gasteiger partial charge < -0.3 is 9.80 Å². The number of guanidine groups is 1. The van der Waals surface area contributed by atoms with Gasteiger partial charge in [0.1, 0.15) is 0 Å². The van der Waals surface area contributed by atoms with Gasteiger partial charge in [-0.1, -0.05) is 12.1 Å². The molecular weight excluding hydrogens is 330 g/mol. The van der Waals surface area contributed by atoms with Crippen LogP contribution in [0.3, 0.4) is 0 Å². The van der Waals surface area contributed by atoms with Gasteiger partial charge in [-0.05, 0) is 44.9 Å². The van der Waals surface area contributed by atoms with E-state index in [9.17, 15) is 9.59 Å². The monoisotopic (exact) mass is 353 g/mol. The van der Waals surface area contributed by atoms with Crippen LogP contribution < -0.4 is 4.90 Å². The van der Waals surface area contributed by atoms with E-state index < -0.39 is 12.2 Å². The number of urea groups is 1. The van der Waals surface area contributed by atoms with E-state index in [-0.39, 0.29) is 11.9 Å². The minimum Gasteiger partial charge on any atom is -0.302 e. The average molecular weight is 353 g/mol. The summed E-state index contributed by atoms with van der Waals surface area (Å²) in [5, 5.41) is 0. The molecule has 2 atom stereocenters. The Morgan fingerprint density at radius 2 is 1.88 bits per heavy atom. The molecule has 4 rings (SSSR count). The van der Waals surface area contributed by atoms with Crippen LogP contribution in [0, 0.1) is 13.8 Å². The summed E-state index contributed by atoms with van der Waals surface area (Å²) in [5.41, 5.74) is 4.43. The first-order chi connectivity index (χ1) is 12.4. The molecule has 0 spiro atoms. The molecule has 2 unspecified atom stereocenters. The van der Waals surface area contributed by atoms with Crippen LogP contribution in [0.2, 0.25) is 0 Å². The van der Waals surface area contributed by atoms with Crippen molar-refractivity contribution in [1.82, 2.24) is 14.7 Å². The summed E-state index contributed by atoms with van der Waals surface area (Å²) in [6, 6.07) is 5.37. The molecule has 0 saturated carbocycles. The second kappa shape index (κ2) is 5.59. The highest BCUT2D eigenvalue weighted by atomic mass is 16.2. The van der Waals surface area contributed by atoms with Crippen LogP contribution in [0.5, 0.6) is 0 Å². The fraction of sp³-hybridized carbons (Fsp3) is 0.421. The van der Waals surface area contributed by atoms with Crippen LogP contribution in [0.4, 0.5) is 10.5 Å². The number of nitrogens with zero attached hydrogens (tertiary/aromatic N) is 5. The molecule has 136 valence electrons. The average Bonchev–Trinajstić information content (AvgIpc) is 3.11. The Morgan fingerprint density at radius 1 is 1.15 bits per heavy atom. The summed E-state index contributed by atoms with van der Waals surface area (Å²) in [7, 11) is 1.71. The number of hydrogen-bond donors (Lipinski definition) is 0. The Morgan fingerprint density at radius 3 is 2.58 bits per heavy atom. The third-order valence-corrected chi connectivity index (χ3v) is 5.52. The summed E-state index contributed by atoms with van der Waals surface area (Å²) in [4.78, 5) is 37.0. The molecule has 0 aromatic heterocycles. The minimum atomic E-state index is -0.502. The summed E-state index contributed by atoms with van der Waals surface area (Å²) in [6.45, 7) is 8.35. The van der Waals surface area contributed by atoms with Crippen LogP contribution in [0.1, 0.15) is 25.0 Å². The SMILES string of the molecule is CCN1C(=O)C2C(N=C3N(c4cccc(C)c4C)C(C)=CN32)N(C)C1=O. The number of benzene rings is 1. The molecule has 3 amide bonds. The lowest BCUT2D eigenvalue weighted by Gasteiger charge is -2.39. The minimum absolute atomic E-state index is 0.189. The predicted octanol–water partition coefficient (Wildman–Crippen LogP) is 2.26. The van der Waals surface area contributed by atoms with Crippen molar-refractivity contribution in [2.75, 3.05) is 18.5 Å². The maximum absolute atomic E-state index is 12.9. The molecule has 26 heavy (non-hydrogen) atoms. The summed E-state index contributed by atoms with van der Waals surface area (Å²) < 4.78 is 0. The van der Waals surface area contributed by atoms with Gasteiger partial charge in [0.15, 0.2) is 12.2 Å². The van der Waals surface area contributed by atoms with Crippen molar-refractivity contribution < 1.29 is 9.59 Å². The van der Waals surface area contributed by atoms with Gasteiger partial charge in [-0.3, -0.25) is 14.6 Å². The summed E-state index contributed by atoms with van der Waals surface area (Å²) in [6.07, 6.45) is 1.46. The largest absolute Gasteiger partial charge is 0.328 e. The van der Waals surface area contributed by atoms with Gasteiger partial charge in [0.25, 0.3) is 5.91 Å². The van der Waals surface area contributed by atoms with E-state index in [1.807, 2.05) is 31.0 Å². The van der Waals surface area contributed by atoms with E-state index in [0.29, 0.717) is 12.5 Å². The van der Waals surface area contributed by atoms with E-state index in [0.717, 1.165) is 11.4 Å². The first-order valence-electron chi connectivity index (χ1n) is 8.86. The molecule has 3 aliphatic rings. The number of hydrogen-bond acceptors (Lipinski definition) is 5. The Bertz CT molecular complexity index is 875. The third kappa shape index (κ3) is 2.03. The quantitative estimate of drug-likeness (QED) is 0.818. The zero-order chi connectivity index (χ0) is 18.7. The second-order valence-electron chi connectivity index (χ2n) is 7.00. The van der Waals surface area contributed by atoms with Crippen molar-refractivity contribution in [3.63, 3.8) is 0 Å². The number of aryl methyl sites for hydroxylation is 1. The molecule has 7 nitrogen and oxygen atoms in total. The number of likely N-dealkylation sites (N-methyl/N-ethyl adjacent to an activating group) is 2. The van der Waals surface area contributed by atoms with Crippen molar-refractivity contribution in [2.45, 2.75) is 39.9 Å². The van der Waals surface area contributed by atoms with Gasteiger partial charge in [0.2, 0.25) is 5.96 Å². The van der Waals surface area contributed by atoms with Crippen molar-refractivity contribution in [2.24, 2.45) is 4.99 Å². The van der Waals surface area contributed by atoms with Gasteiger partial charge in [0.05, 0.1) is 5.69 Å². The molecule has 0 N–H and O–H groups in total. The highest BCUT2D eigenvalue weighted by Gasteiger charge is 2.54. The zero-order valence-electron chi connectivity index (χ0n) is 15.7. The fourth-order valence-corrected chi connectivity index (χ4v) is 3.92. The second-order valence-corrected chi connectivity index (χ2v) is 7.00. The molecule has 1 aromatic rings. The van der Waals surface area contributed by atoms with Gasteiger partial charge in [-0.2, -0.15) is 0 Å². The van der Waals surface area contributed by atoms with Crippen molar-refractivity contribution in [3.05, 3.63) is 41.2 Å². The predicted molar refractivity (Wildman–Crippen MR) is 99.5 cm³/mol. The number of anilines is 1. The van der Waals surface area contributed by atoms with Crippen molar-refractivity contribution in [1.29, 1.82) is 0 Å². The van der Waals surface area contributed by atoms with Gasteiger partial charge in [-0.15, -0.1) is 0 Å². The van der Waals surface area contributed by atoms with Crippen LogP contribution in [-0.4, -0.2) is 58.4 Å². The molecular formula is C19H23N5O2. The Kier molecular flexibility index (Phi) is 3.57. The molecule has 7 heteroatoms.